The van der Waals surface area contributed by atoms with E-state index in [2.05, 4.69) is 4.57 Å². The first-order valence-corrected chi connectivity index (χ1v) is 11.2. The summed E-state index contributed by atoms with van der Waals surface area (Å²) in [5.74, 6) is 1.76. The Labute approximate surface area is 175 Å². The average molecular weight is 426 g/mol. The second-order valence-corrected chi connectivity index (χ2v) is 9.11. The van der Waals surface area contributed by atoms with E-state index in [4.69, 9.17) is 14.2 Å². The Morgan fingerprint density at radius 1 is 0.967 bits per heavy atom. The van der Waals surface area contributed by atoms with Crippen LogP contribution in [0.2, 0.25) is 0 Å². The van der Waals surface area contributed by atoms with Crippen molar-refractivity contribution >= 4 is 10.0 Å². The Bertz CT molecular complexity index is 1170. The van der Waals surface area contributed by atoms with Crippen LogP contribution in [0.1, 0.15) is 17.3 Å². The number of sulfonamides is 1. The van der Waals surface area contributed by atoms with Crippen molar-refractivity contribution in [3.8, 4) is 17.2 Å². The lowest BCUT2D eigenvalue weighted by Gasteiger charge is -2.36. The third-order valence-electron chi connectivity index (χ3n) is 5.55. The molecule has 156 valence electrons. The molecule has 0 saturated carbocycles. The number of ether oxygens (including phenoxy) is 3. The average Bonchev–Trinajstić information content (AvgIpc) is 3.27. The summed E-state index contributed by atoms with van der Waals surface area (Å²) in [5.41, 5.74) is 1.82. The molecular formula is C22H22N2O5S. The highest BCUT2D eigenvalue weighted by Gasteiger charge is 2.38. The number of fused-ring (bicyclic) bond motifs is 2. The summed E-state index contributed by atoms with van der Waals surface area (Å²) in [4.78, 5) is 0.199. The highest BCUT2D eigenvalue weighted by molar-refractivity contribution is 7.89. The maximum absolute atomic E-state index is 13.7. The monoisotopic (exact) mass is 426 g/mol. The molecule has 8 heteroatoms. The number of hydrogen-bond acceptors (Lipinski definition) is 5. The van der Waals surface area contributed by atoms with Gasteiger partial charge in [-0.1, -0.05) is 12.1 Å². The van der Waals surface area contributed by atoms with Crippen molar-refractivity contribution in [2.75, 3.05) is 26.9 Å². The summed E-state index contributed by atoms with van der Waals surface area (Å²) in [6.07, 6.45) is 1.99. The fraction of sp³-hybridized carbons (Fsp3) is 0.273. The maximum atomic E-state index is 13.7. The second kappa shape index (κ2) is 7.37. The van der Waals surface area contributed by atoms with Crippen LogP contribution < -0.4 is 14.2 Å². The molecule has 2 aromatic carbocycles. The molecule has 0 N–H and O–H groups in total. The molecule has 0 bridgehead atoms. The minimum atomic E-state index is -3.78. The molecule has 3 heterocycles. The first-order chi connectivity index (χ1) is 14.6. The third kappa shape index (κ3) is 3.12. The largest absolute Gasteiger partial charge is 0.497 e. The molecule has 5 rings (SSSR count). The minimum Gasteiger partial charge on any atom is -0.497 e. The Kier molecular flexibility index (Phi) is 4.67. The van der Waals surface area contributed by atoms with Crippen LogP contribution in [0.15, 0.2) is 65.7 Å². The number of rotatable bonds is 4. The molecular weight excluding hydrogens is 404 g/mol. The molecule has 0 amide bonds. The van der Waals surface area contributed by atoms with Gasteiger partial charge in [0.25, 0.3) is 0 Å². The number of hydrogen-bond donors (Lipinski definition) is 0. The molecule has 1 atom stereocenters. The van der Waals surface area contributed by atoms with Crippen LogP contribution in [0.25, 0.3) is 0 Å². The van der Waals surface area contributed by atoms with E-state index < -0.39 is 16.1 Å². The summed E-state index contributed by atoms with van der Waals surface area (Å²) in [7, 11) is -2.17. The van der Waals surface area contributed by atoms with Crippen molar-refractivity contribution in [1.82, 2.24) is 8.87 Å². The standard InChI is InChI=1S/C22H22N2O5S/c1-27-17-6-4-16(5-7-17)22-19-3-2-10-23(19)11-12-24(22)30(25,26)18-8-9-20-21(15-18)29-14-13-28-20/h2-10,15,22H,11-14H2,1H3. The predicted octanol–water partition coefficient (Wildman–Crippen LogP) is 3.06. The molecule has 7 nitrogen and oxygen atoms in total. The molecule has 0 fully saturated rings. The quantitative estimate of drug-likeness (QED) is 0.641. The molecule has 2 aliphatic heterocycles. The number of methoxy groups -OCH3 is 1. The van der Waals surface area contributed by atoms with Crippen LogP contribution in [0.3, 0.4) is 0 Å². The molecule has 1 unspecified atom stereocenters. The van der Waals surface area contributed by atoms with Crippen molar-refractivity contribution in [3.63, 3.8) is 0 Å². The van der Waals surface area contributed by atoms with Crippen LogP contribution in [-0.2, 0) is 16.6 Å². The summed E-state index contributed by atoms with van der Waals surface area (Å²) in [6.45, 7) is 1.83. The third-order valence-corrected chi connectivity index (χ3v) is 7.41. The van der Waals surface area contributed by atoms with E-state index in [0.717, 1.165) is 17.0 Å². The highest BCUT2D eigenvalue weighted by atomic mass is 32.2. The smallest absolute Gasteiger partial charge is 0.244 e. The Hall–Kier alpha value is -2.97. The summed E-state index contributed by atoms with van der Waals surface area (Å²) in [5, 5.41) is 0. The lowest BCUT2D eigenvalue weighted by molar-refractivity contribution is 0.171. The van der Waals surface area contributed by atoms with Crippen molar-refractivity contribution in [2.45, 2.75) is 17.5 Å². The van der Waals surface area contributed by atoms with E-state index in [0.29, 0.717) is 37.8 Å². The van der Waals surface area contributed by atoms with Gasteiger partial charge in [0, 0.05) is 31.0 Å². The van der Waals surface area contributed by atoms with Gasteiger partial charge in [0.15, 0.2) is 11.5 Å². The van der Waals surface area contributed by atoms with Gasteiger partial charge >= 0.3 is 0 Å². The van der Waals surface area contributed by atoms with Gasteiger partial charge in [0.05, 0.1) is 18.0 Å². The Morgan fingerprint density at radius 3 is 2.50 bits per heavy atom. The fourth-order valence-electron chi connectivity index (χ4n) is 4.06. The molecule has 30 heavy (non-hydrogen) atoms. The van der Waals surface area contributed by atoms with E-state index in [1.165, 1.54) is 0 Å². The number of benzene rings is 2. The van der Waals surface area contributed by atoms with Gasteiger partial charge in [0.1, 0.15) is 19.0 Å². The first kappa shape index (κ1) is 19.0. The fourth-order valence-corrected chi connectivity index (χ4v) is 5.66. The molecule has 0 saturated heterocycles. The molecule has 2 aliphatic rings. The maximum Gasteiger partial charge on any atom is 0.244 e. The minimum absolute atomic E-state index is 0.199. The zero-order valence-electron chi connectivity index (χ0n) is 16.5. The first-order valence-electron chi connectivity index (χ1n) is 9.78. The molecule has 3 aromatic rings. The van der Waals surface area contributed by atoms with Crippen molar-refractivity contribution in [2.24, 2.45) is 0 Å². The SMILES string of the molecule is COc1ccc(C2c3cccn3CCN2S(=O)(=O)c2ccc3c(c2)OCCO3)cc1. The zero-order chi connectivity index (χ0) is 20.7. The summed E-state index contributed by atoms with van der Waals surface area (Å²) < 4.78 is 47.5. The topological polar surface area (TPSA) is 70.0 Å². The Morgan fingerprint density at radius 2 is 1.73 bits per heavy atom. The predicted molar refractivity (Wildman–Crippen MR) is 111 cm³/mol. The normalized spacial score (nSPS) is 18.6. The molecule has 0 radical (unpaired) electrons. The van der Waals surface area contributed by atoms with Gasteiger partial charge in [-0.15, -0.1) is 0 Å². The van der Waals surface area contributed by atoms with Crippen molar-refractivity contribution in [1.29, 1.82) is 0 Å². The zero-order valence-corrected chi connectivity index (χ0v) is 17.3. The van der Waals surface area contributed by atoms with Crippen molar-refractivity contribution < 1.29 is 22.6 Å². The summed E-state index contributed by atoms with van der Waals surface area (Å²) in [6, 6.07) is 15.8. The van der Waals surface area contributed by atoms with Crippen LogP contribution in [0.5, 0.6) is 17.2 Å². The van der Waals surface area contributed by atoms with Crippen LogP contribution in [0, 0.1) is 0 Å². The van der Waals surface area contributed by atoms with E-state index in [1.54, 1.807) is 29.6 Å². The van der Waals surface area contributed by atoms with E-state index in [-0.39, 0.29) is 4.90 Å². The molecule has 1 aromatic heterocycles. The van der Waals surface area contributed by atoms with Crippen LogP contribution >= 0.6 is 0 Å². The van der Waals surface area contributed by atoms with Gasteiger partial charge in [-0.05, 0) is 42.0 Å². The molecule has 0 spiro atoms. The van der Waals surface area contributed by atoms with E-state index in [1.807, 2.05) is 42.6 Å². The van der Waals surface area contributed by atoms with Gasteiger partial charge in [-0.3, -0.25) is 0 Å². The van der Waals surface area contributed by atoms with Gasteiger partial charge < -0.3 is 18.8 Å². The molecule has 0 aliphatic carbocycles. The van der Waals surface area contributed by atoms with Crippen LogP contribution in [0.4, 0.5) is 0 Å². The lowest BCUT2D eigenvalue weighted by Crippen LogP contribution is -2.42. The number of nitrogens with zero attached hydrogens (tertiary/aromatic N) is 2. The lowest BCUT2D eigenvalue weighted by atomic mass is 10.0. The van der Waals surface area contributed by atoms with Gasteiger partial charge in [-0.25, -0.2) is 8.42 Å². The second-order valence-electron chi connectivity index (χ2n) is 7.22. The van der Waals surface area contributed by atoms with E-state index >= 15 is 0 Å². The van der Waals surface area contributed by atoms with Crippen LogP contribution in [-0.4, -0.2) is 44.2 Å². The highest BCUT2D eigenvalue weighted by Crippen LogP contribution is 2.39. The number of aromatic nitrogens is 1. The van der Waals surface area contributed by atoms with E-state index in [9.17, 15) is 8.42 Å². The summed E-state index contributed by atoms with van der Waals surface area (Å²) >= 11 is 0. The Balaban J connectivity index is 1.59. The van der Waals surface area contributed by atoms with Gasteiger partial charge in [-0.2, -0.15) is 4.31 Å². The van der Waals surface area contributed by atoms with Gasteiger partial charge in [0.2, 0.25) is 10.0 Å². The van der Waals surface area contributed by atoms with Crippen molar-refractivity contribution in [3.05, 3.63) is 72.1 Å².